The Kier molecular flexibility index (Phi) is 10.6. The van der Waals surface area contributed by atoms with Crippen molar-refractivity contribution in [3.05, 3.63) is 35.4 Å². The number of benzene rings is 1. The molecule has 3 rings (SSSR count). The zero-order chi connectivity index (χ0) is 21.7. The molecule has 0 aliphatic carbocycles. The van der Waals surface area contributed by atoms with Crippen LogP contribution in [0.4, 0.5) is 0 Å². The Morgan fingerprint density at radius 2 is 1.71 bits per heavy atom. The molecule has 0 bridgehead atoms. The van der Waals surface area contributed by atoms with Crippen LogP contribution < -0.4 is 5.32 Å². The Hall–Kier alpha value is -1.63. The van der Waals surface area contributed by atoms with Gasteiger partial charge in [0.1, 0.15) is 0 Å². The first-order chi connectivity index (χ1) is 15.3. The van der Waals surface area contributed by atoms with Crippen LogP contribution in [0.5, 0.6) is 0 Å². The molecule has 2 fully saturated rings. The van der Waals surface area contributed by atoms with E-state index in [-0.39, 0.29) is 0 Å². The molecule has 2 heterocycles. The van der Waals surface area contributed by atoms with Crippen molar-refractivity contribution in [2.75, 3.05) is 53.6 Å². The normalized spacial score (nSPS) is 19.4. The van der Waals surface area contributed by atoms with E-state index in [1.807, 2.05) is 7.05 Å². The molecule has 174 valence electrons. The van der Waals surface area contributed by atoms with Gasteiger partial charge in [0.2, 0.25) is 0 Å². The van der Waals surface area contributed by atoms with Gasteiger partial charge in [-0.05, 0) is 56.3 Å². The molecule has 6 heteroatoms. The molecule has 0 radical (unpaired) electrons. The number of piperidine rings is 1. The van der Waals surface area contributed by atoms with Crippen LogP contribution in [0.25, 0.3) is 0 Å². The molecule has 6 nitrogen and oxygen atoms in total. The average Bonchev–Trinajstić information content (AvgIpc) is 3.08. The highest BCUT2D eigenvalue weighted by atomic mass is 16.5. The van der Waals surface area contributed by atoms with Gasteiger partial charge < -0.3 is 19.7 Å². The second-order valence-electron chi connectivity index (χ2n) is 8.76. The molecule has 0 amide bonds. The van der Waals surface area contributed by atoms with Crippen molar-refractivity contribution in [2.45, 2.75) is 64.1 Å². The van der Waals surface area contributed by atoms with Gasteiger partial charge in [0.25, 0.3) is 0 Å². The van der Waals surface area contributed by atoms with Crippen molar-refractivity contribution in [3.8, 4) is 0 Å². The minimum atomic E-state index is 0.362. The Morgan fingerprint density at radius 3 is 2.39 bits per heavy atom. The summed E-state index contributed by atoms with van der Waals surface area (Å²) in [6.07, 6.45) is 8.86. The first-order valence-electron chi connectivity index (χ1n) is 12.2. The van der Waals surface area contributed by atoms with E-state index in [0.717, 1.165) is 64.6 Å². The lowest BCUT2D eigenvalue weighted by molar-refractivity contribution is 0.00989. The maximum absolute atomic E-state index is 6.00. The van der Waals surface area contributed by atoms with Gasteiger partial charge in [0.05, 0.1) is 6.10 Å². The molecule has 1 N–H and O–H groups in total. The Bertz CT molecular complexity index is 651. The summed E-state index contributed by atoms with van der Waals surface area (Å²) in [6, 6.07) is 8.87. The first kappa shape index (κ1) is 24.0. The van der Waals surface area contributed by atoms with Crippen LogP contribution in [0.2, 0.25) is 0 Å². The van der Waals surface area contributed by atoms with Crippen LogP contribution in [0.15, 0.2) is 29.3 Å². The molecule has 0 saturated carbocycles. The predicted octanol–water partition coefficient (Wildman–Crippen LogP) is 3.66. The van der Waals surface area contributed by atoms with Gasteiger partial charge in [-0.15, -0.1) is 0 Å². The summed E-state index contributed by atoms with van der Waals surface area (Å²) in [7, 11) is 3.63. The summed E-state index contributed by atoms with van der Waals surface area (Å²) < 4.78 is 11.1. The number of ether oxygens (including phenoxy) is 2. The largest absolute Gasteiger partial charge is 0.385 e. The molecule has 1 aromatic carbocycles. The molecule has 0 aromatic heterocycles. The summed E-state index contributed by atoms with van der Waals surface area (Å²) in [5, 5.41) is 3.62. The summed E-state index contributed by atoms with van der Waals surface area (Å²) >= 11 is 0. The highest BCUT2D eigenvalue weighted by Crippen LogP contribution is 2.17. The van der Waals surface area contributed by atoms with Crippen molar-refractivity contribution in [1.82, 2.24) is 15.1 Å². The molecule has 0 spiro atoms. The SMILES string of the molecule is CN=C(NCc1ccccc1CN1CCCCCC1)N1CCC(OCCCOC)CC1. The van der Waals surface area contributed by atoms with E-state index in [1.165, 1.54) is 49.9 Å². The van der Waals surface area contributed by atoms with Gasteiger partial charge in [0, 0.05) is 53.6 Å². The molecule has 1 aromatic rings. The van der Waals surface area contributed by atoms with E-state index in [2.05, 4.69) is 44.4 Å². The number of nitrogens with zero attached hydrogens (tertiary/aromatic N) is 3. The van der Waals surface area contributed by atoms with Gasteiger partial charge in [0.15, 0.2) is 5.96 Å². The number of rotatable bonds is 9. The number of aliphatic imine (C=N–C) groups is 1. The third-order valence-electron chi connectivity index (χ3n) is 6.45. The minimum Gasteiger partial charge on any atom is -0.385 e. The van der Waals surface area contributed by atoms with Crippen molar-refractivity contribution in [1.29, 1.82) is 0 Å². The maximum Gasteiger partial charge on any atom is 0.193 e. The number of nitrogens with one attached hydrogen (secondary N) is 1. The second-order valence-corrected chi connectivity index (χ2v) is 8.76. The minimum absolute atomic E-state index is 0.362. The number of hydrogen-bond acceptors (Lipinski definition) is 4. The quantitative estimate of drug-likeness (QED) is 0.368. The lowest BCUT2D eigenvalue weighted by Crippen LogP contribution is -2.46. The molecule has 2 aliphatic heterocycles. The van der Waals surface area contributed by atoms with Gasteiger partial charge in [-0.2, -0.15) is 0 Å². The molecule has 0 atom stereocenters. The monoisotopic (exact) mass is 430 g/mol. The fraction of sp³-hybridized carbons (Fsp3) is 0.720. The van der Waals surface area contributed by atoms with E-state index in [0.29, 0.717) is 6.10 Å². The summed E-state index contributed by atoms with van der Waals surface area (Å²) in [6.45, 7) is 7.88. The lowest BCUT2D eigenvalue weighted by atomic mass is 10.1. The zero-order valence-electron chi connectivity index (χ0n) is 19.7. The Morgan fingerprint density at radius 1 is 1.00 bits per heavy atom. The van der Waals surface area contributed by atoms with Crippen LogP contribution >= 0.6 is 0 Å². The van der Waals surface area contributed by atoms with Gasteiger partial charge in [-0.1, -0.05) is 37.1 Å². The van der Waals surface area contributed by atoms with Gasteiger partial charge >= 0.3 is 0 Å². The van der Waals surface area contributed by atoms with Crippen molar-refractivity contribution >= 4 is 5.96 Å². The van der Waals surface area contributed by atoms with Crippen LogP contribution in [0.3, 0.4) is 0 Å². The molecule has 31 heavy (non-hydrogen) atoms. The van der Waals surface area contributed by atoms with Crippen molar-refractivity contribution < 1.29 is 9.47 Å². The van der Waals surface area contributed by atoms with Crippen LogP contribution in [0.1, 0.15) is 56.1 Å². The maximum atomic E-state index is 6.00. The molecular formula is C25H42N4O2. The van der Waals surface area contributed by atoms with Gasteiger partial charge in [-0.25, -0.2) is 0 Å². The Labute approximate surface area is 189 Å². The summed E-state index contributed by atoms with van der Waals surface area (Å²) in [4.78, 5) is 9.55. The number of hydrogen-bond donors (Lipinski definition) is 1. The third-order valence-corrected chi connectivity index (χ3v) is 6.45. The first-order valence-corrected chi connectivity index (χ1v) is 12.2. The van der Waals surface area contributed by atoms with Crippen molar-refractivity contribution in [3.63, 3.8) is 0 Å². The second kappa shape index (κ2) is 13.7. The fourth-order valence-electron chi connectivity index (χ4n) is 4.61. The number of likely N-dealkylation sites (tertiary alicyclic amines) is 2. The van der Waals surface area contributed by atoms with Crippen LogP contribution in [-0.4, -0.2) is 75.4 Å². The van der Waals surface area contributed by atoms with Crippen LogP contribution in [0, 0.1) is 0 Å². The lowest BCUT2D eigenvalue weighted by Gasteiger charge is -2.34. The molecule has 2 aliphatic rings. The van der Waals surface area contributed by atoms with E-state index >= 15 is 0 Å². The molecular weight excluding hydrogens is 388 g/mol. The van der Waals surface area contributed by atoms with E-state index < -0.39 is 0 Å². The molecule has 2 saturated heterocycles. The van der Waals surface area contributed by atoms with Crippen molar-refractivity contribution in [2.24, 2.45) is 4.99 Å². The number of guanidine groups is 1. The zero-order valence-corrected chi connectivity index (χ0v) is 19.7. The standard InChI is InChI=1S/C25H42N4O2/c1-26-25(29-16-12-24(13-17-29)31-19-9-18-30-2)27-20-22-10-5-6-11-23(22)21-28-14-7-3-4-8-15-28/h5-6,10-11,24H,3-4,7-9,12-21H2,1-2H3,(H,26,27). The predicted molar refractivity (Wildman–Crippen MR) is 127 cm³/mol. The van der Waals surface area contributed by atoms with E-state index in [4.69, 9.17) is 9.47 Å². The highest BCUT2D eigenvalue weighted by molar-refractivity contribution is 5.80. The number of methoxy groups -OCH3 is 1. The fourth-order valence-corrected chi connectivity index (χ4v) is 4.61. The third kappa shape index (κ3) is 8.09. The van der Waals surface area contributed by atoms with E-state index in [9.17, 15) is 0 Å². The Balaban J connectivity index is 1.47. The smallest absolute Gasteiger partial charge is 0.193 e. The summed E-state index contributed by atoms with van der Waals surface area (Å²) in [5.74, 6) is 1.00. The average molecular weight is 431 g/mol. The van der Waals surface area contributed by atoms with Gasteiger partial charge in [-0.3, -0.25) is 9.89 Å². The summed E-state index contributed by atoms with van der Waals surface area (Å²) in [5.41, 5.74) is 2.82. The van der Waals surface area contributed by atoms with Crippen LogP contribution in [-0.2, 0) is 22.6 Å². The van der Waals surface area contributed by atoms with E-state index in [1.54, 1.807) is 7.11 Å². The molecule has 0 unspecified atom stereocenters. The topological polar surface area (TPSA) is 49.3 Å². The highest BCUT2D eigenvalue weighted by Gasteiger charge is 2.22.